The van der Waals surface area contributed by atoms with E-state index in [1.807, 2.05) is 18.8 Å². The van der Waals surface area contributed by atoms with Gasteiger partial charge in [-0.05, 0) is 55.7 Å². The summed E-state index contributed by atoms with van der Waals surface area (Å²) in [5, 5.41) is 3.27. The van der Waals surface area contributed by atoms with Gasteiger partial charge in [-0.1, -0.05) is 24.3 Å². The molecular formula is C17H24N2OS. The van der Waals surface area contributed by atoms with Crippen molar-refractivity contribution in [3.05, 3.63) is 35.4 Å². The number of hydrogen-bond donors (Lipinski definition) is 1. The third-order valence-corrected chi connectivity index (χ3v) is 5.77. The van der Waals surface area contributed by atoms with Gasteiger partial charge in [0.05, 0.1) is 0 Å². The number of carbonyl (C=O) groups is 1. The highest BCUT2D eigenvalue weighted by atomic mass is 32.2. The van der Waals surface area contributed by atoms with Gasteiger partial charge in [-0.15, -0.1) is 11.8 Å². The number of carbonyl (C=O) groups excluding carboxylic acids is 1. The molecular weight excluding hydrogens is 280 g/mol. The molecule has 2 atom stereocenters. The van der Waals surface area contributed by atoms with Crippen LogP contribution in [-0.2, 0) is 11.2 Å². The maximum absolute atomic E-state index is 13.0. The summed E-state index contributed by atoms with van der Waals surface area (Å²) < 4.78 is 0. The SMILES string of the molecule is CNCC1CCCN(C(=O)C2SCCc3ccccc32)C1. The number of aryl methyl sites for hydroxylation is 1. The predicted octanol–water partition coefficient (Wildman–Crippen LogP) is 2.48. The van der Waals surface area contributed by atoms with Crippen molar-refractivity contribution in [1.82, 2.24) is 10.2 Å². The highest BCUT2D eigenvalue weighted by Crippen LogP contribution is 2.38. The van der Waals surface area contributed by atoms with Gasteiger partial charge in [0.2, 0.25) is 5.91 Å². The fourth-order valence-corrected chi connectivity index (χ4v) is 4.76. The predicted molar refractivity (Wildman–Crippen MR) is 88.6 cm³/mol. The highest BCUT2D eigenvalue weighted by molar-refractivity contribution is 8.00. The van der Waals surface area contributed by atoms with Crippen molar-refractivity contribution in [3.63, 3.8) is 0 Å². The zero-order valence-corrected chi connectivity index (χ0v) is 13.5. The van der Waals surface area contributed by atoms with Gasteiger partial charge in [0.1, 0.15) is 5.25 Å². The molecule has 2 aliphatic heterocycles. The molecule has 1 aromatic carbocycles. The Morgan fingerprint density at radius 2 is 2.29 bits per heavy atom. The molecule has 0 aromatic heterocycles. The zero-order chi connectivity index (χ0) is 14.7. The number of rotatable bonds is 3. The number of thioether (sulfide) groups is 1. The molecule has 1 fully saturated rings. The van der Waals surface area contributed by atoms with Crippen LogP contribution in [0.15, 0.2) is 24.3 Å². The van der Waals surface area contributed by atoms with E-state index in [1.54, 1.807) is 0 Å². The average Bonchev–Trinajstić information content (AvgIpc) is 2.54. The second-order valence-corrected chi connectivity index (χ2v) is 7.26. The van der Waals surface area contributed by atoms with Crippen LogP contribution in [0.2, 0.25) is 0 Å². The first-order valence-corrected chi connectivity index (χ1v) is 8.97. The van der Waals surface area contributed by atoms with Gasteiger partial charge in [0.15, 0.2) is 0 Å². The van der Waals surface area contributed by atoms with Crippen molar-refractivity contribution in [2.24, 2.45) is 5.92 Å². The standard InChI is InChI=1S/C17H24N2OS/c1-18-11-13-5-4-9-19(12-13)17(20)16-15-7-3-2-6-14(15)8-10-21-16/h2-3,6-7,13,16,18H,4-5,8-12H2,1H3. The fraction of sp³-hybridized carbons (Fsp3) is 0.588. The van der Waals surface area contributed by atoms with Crippen molar-refractivity contribution < 1.29 is 4.79 Å². The van der Waals surface area contributed by atoms with Crippen LogP contribution >= 0.6 is 11.8 Å². The zero-order valence-electron chi connectivity index (χ0n) is 12.7. The first-order valence-electron chi connectivity index (χ1n) is 7.92. The molecule has 3 rings (SSSR count). The van der Waals surface area contributed by atoms with Crippen LogP contribution < -0.4 is 5.32 Å². The molecule has 0 spiro atoms. The number of amides is 1. The molecule has 1 amide bonds. The summed E-state index contributed by atoms with van der Waals surface area (Å²) in [6, 6.07) is 8.46. The van der Waals surface area contributed by atoms with Crippen LogP contribution in [0.5, 0.6) is 0 Å². The lowest BCUT2D eigenvalue weighted by molar-refractivity contribution is -0.132. The second-order valence-electron chi connectivity index (χ2n) is 6.05. The largest absolute Gasteiger partial charge is 0.341 e. The van der Waals surface area contributed by atoms with Gasteiger partial charge >= 0.3 is 0 Å². The minimum atomic E-state index is 0.0169. The van der Waals surface area contributed by atoms with Crippen LogP contribution in [-0.4, -0.2) is 43.2 Å². The molecule has 2 unspecified atom stereocenters. The van der Waals surface area contributed by atoms with Crippen molar-refractivity contribution in [3.8, 4) is 0 Å². The summed E-state index contributed by atoms with van der Waals surface area (Å²) in [6.45, 7) is 2.86. The highest BCUT2D eigenvalue weighted by Gasteiger charge is 2.32. The Morgan fingerprint density at radius 1 is 1.43 bits per heavy atom. The number of likely N-dealkylation sites (tertiary alicyclic amines) is 1. The lowest BCUT2D eigenvalue weighted by Crippen LogP contribution is -2.44. The molecule has 0 aliphatic carbocycles. The average molecular weight is 304 g/mol. The van der Waals surface area contributed by atoms with E-state index in [0.717, 1.165) is 38.2 Å². The number of fused-ring (bicyclic) bond motifs is 1. The van der Waals surface area contributed by atoms with Crippen molar-refractivity contribution in [1.29, 1.82) is 0 Å². The maximum atomic E-state index is 13.0. The molecule has 1 N–H and O–H groups in total. The summed E-state index contributed by atoms with van der Waals surface area (Å²) in [5.41, 5.74) is 2.60. The lowest BCUT2D eigenvalue weighted by atomic mass is 9.96. The first-order chi connectivity index (χ1) is 10.3. The van der Waals surface area contributed by atoms with E-state index in [1.165, 1.54) is 17.5 Å². The third kappa shape index (κ3) is 3.27. The van der Waals surface area contributed by atoms with Gasteiger partial charge in [-0.25, -0.2) is 0 Å². The molecule has 1 aromatic rings. The van der Waals surface area contributed by atoms with Crippen molar-refractivity contribution in [2.45, 2.75) is 24.5 Å². The Morgan fingerprint density at radius 3 is 3.14 bits per heavy atom. The van der Waals surface area contributed by atoms with E-state index in [0.29, 0.717) is 11.8 Å². The third-order valence-electron chi connectivity index (χ3n) is 4.54. The number of hydrogen-bond acceptors (Lipinski definition) is 3. The van der Waals surface area contributed by atoms with Gasteiger partial charge in [-0.2, -0.15) is 0 Å². The lowest BCUT2D eigenvalue weighted by Gasteiger charge is -2.36. The molecule has 2 aliphatic rings. The summed E-state index contributed by atoms with van der Waals surface area (Å²) in [5.74, 6) is 1.99. The number of benzene rings is 1. The molecule has 0 saturated carbocycles. The molecule has 4 heteroatoms. The summed E-state index contributed by atoms with van der Waals surface area (Å²) in [7, 11) is 1.99. The normalized spacial score (nSPS) is 25.5. The molecule has 114 valence electrons. The number of nitrogens with one attached hydrogen (secondary N) is 1. The minimum absolute atomic E-state index is 0.0169. The topological polar surface area (TPSA) is 32.3 Å². The van der Waals surface area contributed by atoms with Crippen LogP contribution in [0.25, 0.3) is 0 Å². The minimum Gasteiger partial charge on any atom is -0.341 e. The van der Waals surface area contributed by atoms with Gasteiger partial charge in [0.25, 0.3) is 0 Å². The Balaban J connectivity index is 1.74. The molecule has 2 heterocycles. The van der Waals surface area contributed by atoms with Crippen LogP contribution in [0.4, 0.5) is 0 Å². The van der Waals surface area contributed by atoms with Crippen LogP contribution in [0.1, 0.15) is 29.2 Å². The van der Waals surface area contributed by atoms with Gasteiger partial charge < -0.3 is 10.2 Å². The van der Waals surface area contributed by atoms with Gasteiger partial charge in [-0.3, -0.25) is 4.79 Å². The van der Waals surface area contributed by atoms with Crippen LogP contribution in [0.3, 0.4) is 0 Å². The smallest absolute Gasteiger partial charge is 0.240 e. The van der Waals surface area contributed by atoms with Gasteiger partial charge in [0, 0.05) is 13.1 Å². The fourth-order valence-electron chi connectivity index (χ4n) is 3.48. The Labute approximate surface area is 131 Å². The van der Waals surface area contributed by atoms with Crippen molar-refractivity contribution in [2.75, 3.05) is 32.4 Å². The van der Waals surface area contributed by atoms with E-state index in [-0.39, 0.29) is 5.25 Å². The monoisotopic (exact) mass is 304 g/mol. The second kappa shape index (κ2) is 6.84. The summed E-state index contributed by atoms with van der Waals surface area (Å²) in [4.78, 5) is 15.1. The van der Waals surface area contributed by atoms with E-state index in [4.69, 9.17) is 0 Å². The molecule has 21 heavy (non-hydrogen) atoms. The maximum Gasteiger partial charge on any atom is 0.240 e. The van der Waals surface area contributed by atoms with E-state index in [9.17, 15) is 4.79 Å². The van der Waals surface area contributed by atoms with E-state index < -0.39 is 0 Å². The molecule has 1 saturated heterocycles. The molecule has 0 bridgehead atoms. The Hall–Kier alpha value is -1.00. The quantitative estimate of drug-likeness (QED) is 0.931. The van der Waals surface area contributed by atoms with Crippen molar-refractivity contribution >= 4 is 17.7 Å². The molecule has 0 radical (unpaired) electrons. The Bertz CT molecular complexity index is 503. The number of piperidine rings is 1. The summed E-state index contributed by atoms with van der Waals surface area (Å²) in [6.07, 6.45) is 3.46. The van der Waals surface area contributed by atoms with Crippen LogP contribution in [0, 0.1) is 5.92 Å². The number of nitrogens with zero attached hydrogens (tertiary/aromatic N) is 1. The van der Waals surface area contributed by atoms with E-state index in [2.05, 4.69) is 34.5 Å². The Kier molecular flexibility index (Phi) is 4.86. The molecule has 3 nitrogen and oxygen atoms in total. The first kappa shape index (κ1) is 14.9. The van der Waals surface area contributed by atoms with E-state index >= 15 is 0 Å². The summed E-state index contributed by atoms with van der Waals surface area (Å²) >= 11 is 1.82.